The van der Waals surface area contributed by atoms with Crippen LogP contribution in [0.2, 0.25) is 0 Å². The van der Waals surface area contributed by atoms with Gasteiger partial charge in [-0.25, -0.2) is 4.79 Å². The van der Waals surface area contributed by atoms with Crippen LogP contribution >= 0.6 is 0 Å². The maximum Gasteiger partial charge on any atom is 0.315 e. The molecule has 1 heterocycles. The second-order valence-corrected chi connectivity index (χ2v) is 7.52. The first-order valence-electron chi connectivity index (χ1n) is 9.67. The third-order valence-corrected chi connectivity index (χ3v) is 5.60. The van der Waals surface area contributed by atoms with E-state index in [4.69, 9.17) is 5.11 Å². The molecule has 0 spiro atoms. The van der Waals surface area contributed by atoms with Gasteiger partial charge in [0.1, 0.15) is 0 Å². The molecule has 2 amide bonds. The van der Waals surface area contributed by atoms with Crippen LogP contribution in [0.25, 0.3) is 0 Å². The lowest BCUT2D eigenvalue weighted by Crippen LogP contribution is -2.44. The van der Waals surface area contributed by atoms with E-state index in [1.54, 1.807) is 0 Å². The van der Waals surface area contributed by atoms with Gasteiger partial charge in [-0.2, -0.15) is 0 Å². The van der Waals surface area contributed by atoms with Gasteiger partial charge in [0.25, 0.3) is 0 Å². The van der Waals surface area contributed by atoms with Gasteiger partial charge < -0.3 is 20.6 Å². The molecule has 1 saturated heterocycles. The summed E-state index contributed by atoms with van der Waals surface area (Å²) in [7, 11) is 0. The molecule has 2 fully saturated rings. The third-order valence-electron chi connectivity index (χ3n) is 5.60. The monoisotopic (exact) mass is 359 g/mol. The van der Waals surface area contributed by atoms with Crippen LogP contribution in [-0.4, -0.2) is 36.2 Å². The molecule has 26 heavy (non-hydrogen) atoms. The van der Waals surface area contributed by atoms with Gasteiger partial charge in [0.05, 0.1) is 12.0 Å². The Morgan fingerprint density at radius 3 is 2.50 bits per heavy atom. The smallest absolute Gasteiger partial charge is 0.315 e. The van der Waals surface area contributed by atoms with Crippen LogP contribution in [0.15, 0.2) is 24.3 Å². The topological polar surface area (TPSA) is 81.7 Å². The average molecular weight is 359 g/mol. The first kappa shape index (κ1) is 18.5. The molecule has 142 valence electrons. The molecule has 1 aliphatic carbocycles. The molecule has 1 aromatic carbocycles. The Labute approximate surface area is 155 Å². The molecular weight excluding hydrogens is 330 g/mol. The minimum absolute atomic E-state index is 0.0636. The predicted molar refractivity (Wildman–Crippen MR) is 101 cm³/mol. The lowest BCUT2D eigenvalue weighted by Gasteiger charge is -2.27. The zero-order valence-electron chi connectivity index (χ0n) is 15.4. The summed E-state index contributed by atoms with van der Waals surface area (Å²) in [5.41, 5.74) is 2.32. The second kappa shape index (κ2) is 8.43. The highest BCUT2D eigenvalue weighted by Crippen LogP contribution is 2.25. The third kappa shape index (κ3) is 4.68. The Morgan fingerprint density at radius 2 is 1.85 bits per heavy atom. The number of amides is 2. The van der Waals surface area contributed by atoms with Gasteiger partial charge in [-0.3, -0.25) is 4.79 Å². The van der Waals surface area contributed by atoms with Gasteiger partial charge in [0.15, 0.2) is 0 Å². The van der Waals surface area contributed by atoms with Gasteiger partial charge in [-0.1, -0.05) is 12.1 Å². The van der Waals surface area contributed by atoms with E-state index in [1.165, 1.54) is 18.5 Å². The summed E-state index contributed by atoms with van der Waals surface area (Å²) in [6, 6.07) is 8.19. The van der Waals surface area contributed by atoms with Crippen molar-refractivity contribution in [2.45, 2.75) is 57.5 Å². The van der Waals surface area contributed by atoms with Crippen molar-refractivity contribution >= 4 is 17.7 Å². The second-order valence-electron chi connectivity index (χ2n) is 7.52. The molecule has 0 bridgehead atoms. The number of carbonyl (C=O) groups is 2. The molecule has 2 aliphatic rings. The minimum Gasteiger partial charge on any atom is -0.481 e. The fourth-order valence-corrected chi connectivity index (χ4v) is 3.96. The fraction of sp³-hybridized carbons (Fsp3) is 0.600. The largest absolute Gasteiger partial charge is 0.481 e. The number of anilines is 1. The number of benzene rings is 1. The summed E-state index contributed by atoms with van der Waals surface area (Å²) in [5, 5.41) is 15.1. The van der Waals surface area contributed by atoms with Gasteiger partial charge in [0, 0.05) is 24.8 Å². The molecule has 1 saturated carbocycles. The first-order valence-corrected chi connectivity index (χ1v) is 9.67. The van der Waals surface area contributed by atoms with Crippen LogP contribution in [0, 0.1) is 5.92 Å². The van der Waals surface area contributed by atoms with Crippen molar-refractivity contribution < 1.29 is 14.7 Å². The maximum absolute atomic E-state index is 12.3. The number of nitrogens with one attached hydrogen (secondary N) is 2. The number of carbonyl (C=O) groups excluding carboxylic acids is 1. The molecule has 3 N–H and O–H groups in total. The Balaban J connectivity index is 1.50. The number of urea groups is 1. The van der Waals surface area contributed by atoms with Crippen molar-refractivity contribution in [3.8, 4) is 0 Å². The number of nitrogens with zero attached hydrogens (tertiary/aromatic N) is 1. The van der Waals surface area contributed by atoms with Gasteiger partial charge in [-0.15, -0.1) is 0 Å². The number of hydrogen-bond donors (Lipinski definition) is 3. The maximum atomic E-state index is 12.3. The quantitative estimate of drug-likeness (QED) is 0.753. The van der Waals surface area contributed by atoms with E-state index in [-0.39, 0.29) is 24.0 Å². The van der Waals surface area contributed by atoms with Crippen LogP contribution in [0.1, 0.15) is 57.1 Å². The lowest BCUT2D eigenvalue weighted by atomic mass is 9.86. The number of aliphatic carboxylic acids is 1. The highest BCUT2D eigenvalue weighted by molar-refractivity contribution is 5.75. The van der Waals surface area contributed by atoms with E-state index in [1.807, 2.05) is 19.1 Å². The molecule has 1 aliphatic heterocycles. The Morgan fingerprint density at radius 1 is 1.15 bits per heavy atom. The fourth-order valence-electron chi connectivity index (χ4n) is 3.96. The standard InChI is InChI=1S/C20H29N3O3/c1-14(16-5-4-6-18(13-16)23-11-2-3-12-23)21-20(26)22-17-9-7-15(8-10-17)19(24)25/h4-6,13-15,17H,2-3,7-12H2,1H3,(H,24,25)(H2,21,22,26). The first-order chi connectivity index (χ1) is 12.5. The zero-order valence-corrected chi connectivity index (χ0v) is 15.4. The van der Waals surface area contributed by atoms with Crippen molar-refractivity contribution in [1.82, 2.24) is 10.6 Å². The van der Waals surface area contributed by atoms with E-state index in [0.717, 1.165) is 31.5 Å². The van der Waals surface area contributed by atoms with E-state index < -0.39 is 5.97 Å². The number of carboxylic acids is 1. The van der Waals surface area contributed by atoms with E-state index in [9.17, 15) is 9.59 Å². The molecule has 1 atom stereocenters. The zero-order chi connectivity index (χ0) is 18.5. The lowest BCUT2D eigenvalue weighted by molar-refractivity contribution is -0.142. The van der Waals surface area contributed by atoms with Crippen molar-refractivity contribution in [3.05, 3.63) is 29.8 Å². The summed E-state index contributed by atoms with van der Waals surface area (Å²) < 4.78 is 0. The number of hydrogen-bond acceptors (Lipinski definition) is 3. The normalized spacial score (nSPS) is 24.1. The highest BCUT2D eigenvalue weighted by atomic mass is 16.4. The van der Waals surface area contributed by atoms with Crippen molar-refractivity contribution in [2.75, 3.05) is 18.0 Å². The predicted octanol–water partition coefficient (Wildman–Crippen LogP) is 3.29. The van der Waals surface area contributed by atoms with Gasteiger partial charge in [0.2, 0.25) is 0 Å². The van der Waals surface area contributed by atoms with Crippen molar-refractivity contribution in [3.63, 3.8) is 0 Å². The number of rotatable bonds is 5. The van der Waals surface area contributed by atoms with Gasteiger partial charge in [-0.05, 0) is 63.1 Å². The molecular formula is C20H29N3O3. The van der Waals surface area contributed by atoms with Crippen LogP contribution in [0.3, 0.4) is 0 Å². The summed E-state index contributed by atoms with van der Waals surface area (Å²) in [4.78, 5) is 25.7. The van der Waals surface area contributed by atoms with Crippen LogP contribution < -0.4 is 15.5 Å². The van der Waals surface area contributed by atoms with Crippen LogP contribution in [0.4, 0.5) is 10.5 Å². The summed E-state index contributed by atoms with van der Waals surface area (Å²) in [6.45, 7) is 4.19. The van der Waals surface area contributed by atoms with Gasteiger partial charge >= 0.3 is 12.0 Å². The van der Waals surface area contributed by atoms with E-state index >= 15 is 0 Å². The minimum atomic E-state index is -0.723. The van der Waals surface area contributed by atoms with E-state index in [0.29, 0.717) is 12.8 Å². The highest BCUT2D eigenvalue weighted by Gasteiger charge is 2.27. The number of carboxylic acid groups (broad SMARTS) is 1. The molecule has 3 rings (SSSR count). The Kier molecular flexibility index (Phi) is 6.01. The molecule has 1 aromatic rings. The molecule has 6 heteroatoms. The summed E-state index contributed by atoms with van der Waals surface area (Å²) in [5.74, 6) is -0.984. The Bertz CT molecular complexity index is 635. The van der Waals surface area contributed by atoms with Crippen molar-refractivity contribution in [2.24, 2.45) is 5.92 Å². The van der Waals surface area contributed by atoms with Crippen LogP contribution in [-0.2, 0) is 4.79 Å². The molecule has 0 radical (unpaired) electrons. The summed E-state index contributed by atoms with van der Waals surface area (Å²) >= 11 is 0. The molecule has 6 nitrogen and oxygen atoms in total. The molecule has 1 unspecified atom stereocenters. The summed E-state index contributed by atoms with van der Waals surface area (Å²) in [6.07, 6.45) is 5.20. The molecule has 0 aromatic heterocycles. The Hall–Kier alpha value is -2.24. The van der Waals surface area contributed by atoms with Crippen molar-refractivity contribution in [1.29, 1.82) is 0 Å². The van der Waals surface area contributed by atoms with Crippen LogP contribution in [0.5, 0.6) is 0 Å². The average Bonchev–Trinajstić information content (AvgIpc) is 3.17. The van der Waals surface area contributed by atoms with E-state index in [2.05, 4.69) is 27.7 Å². The SMILES string of the molecule is CC(NC(=O)NC1CCC(C(=O)O)CC1)c1cccc(N2CCCC2)c1.